The summed E-state index contributed by atoms with van der Waals surface area (Å²) in [6, 6.07) is 2.56. The summed E-state index contributed by atoms with van der Waals surface area (Å²) in [6.07, 6.45) is 0.649. The van der Waals surface area contributed by atoms with E-state index in [-0.39, 0.29) is 12.6 Å². The van der Waals surface area contributed by atoms with E-state index in [1.165, 1.54) is 12.1 Å². The molecule has 0 aromatic carbocycles. The Balaban J connectivity index is 2.17. The number of halogens is 1. The van der Waals surface area contributed by atoms with Gasteiger partial charge in [-0.1, -0.05) is 0 Å². The van der Waals surface area contributed by atoms with E-state index in [0.717, 1.165) is 6.20 Å². The Kier molecular flexibility index (Phi) is 1.84. The fourth-order valence-electron chi connectivity index (χ4n) is 1.14. The Bertz CT molecular complexity index is 325. The molecular weight excluding hydrogens is 175 g/mol. The molecule has 1 aliphatic rings. The third-order valence-corrected chi connectivity index (χ3v) is 1.78. The van der Waals surface area contributed by atoms with E-state index in [2.05, 4.69) is 15.0 Å². The van der Waals surface area contributed by atoms with Crippen LogP contribution in [0.3, 0.4) is 0 Å². The van der Waals surface area contributed by atoms with Crippen LogP contribution in [0, 0.1) is 5.82 Å². The van der Waals surface area contributed by atoms with Gasteiger partial charge in [-0.15, -0.1) is 0 Å². The number of pyridine rings is 1. The number of hydrogen-bond acceptors (Lipinski definition) is 3. The van der Waals surface area contributed by atoms with E-state index in [1.54, 1.807) is 0 Å². The molecule has 0 spiro atoms. The van der Waals surface area contributed by atoms with Gasteiger partial charge in [-0.2, -0.15) is 0 Å². The number of cyclic esters (lactones) is 1. The summed E-state index contributed by atoms with van der Waals surface area (Å²) in [5, 5.41) is 2.54. The third kappa shape index (κ3) is 1.58. The molecule has 68 valence electrons. The topological polar surface area (TPSA) is 51.2 Å². The molecule has 5 heteroatoms. The summed E-state index contributed by atoms with van der Waals surface area (Å²) in [4.78, 5) is 14.5. The number of aromatic nitrogens is 1. The average Bonchev–Trinajstić information content (AvgIpc) is 2.53. The Labute approximate surface area is 73.7 Å². The van der Waals surface area contributed by atoms with E-state index in [1.807, 2.05) is 0 Å². The molecule has 1 aromatic rings. The minimum absolute atomic E-state index is 0.247. The molecule has 1 aliphatic heterocycles. The normalized spacial score (nSPS) is 21.0. The fourth-order valence-corrected chi connectivity index (χ4v) is 1.14. The number of carbonyl (C=O) groups is 1. The molecule has 2 heterocycles. The molecule has 0 radical (unpaired) electrons. The molecule has 1 N–H and O–H groups in total. The maximum absolute atomic E-state index is 12.5. The highest BCUT2D eigenvalue weighted by molar-refractivity contribution is 5.69. The SMILES string of the molecule is O=C1NC(c2ccc(F)cn2)CO1. The van der Waals surface area contributed by atoms with E-state index >= 15 is 0 Å². The highest BCUT2D eigenvalue weighted by atomic mass is 19.1. The molecule has 1 saturated heterocycles. The molecule has 0 saturated carbocycles. The summed E-state index contributed by atoms with van der Waals surface area (Å²) < 4.78 is 17.1. The molecule has 2 rings (SSSR count). The van der Waals surface area contributed by atoms with Gasteiger partial charge >= 0.3 is 6.09 Å². The second-order valence-corrected chi connectivity index (χ2v) is 2.70. The first-order chi connectivity index (χ1) is 6.25. The predicted octanol–water partition coefficient (Wildman–Crippen LogP) is 1.00. The monoisotopic (exact) mass is 182 g/mol. The van der Waals surface area contributed by atoms with Crippen LogP contribution >= 0.6 is 0 Å². The van der Waals surface area contributed by atoms with Crippen molar-refractivity contribution in [2.75, 3.05) is 6.61 Å². The lowest BCUT2D eigenvalue weighted by Crippen LogP contribution is -2.19. The van der Waals surface area contributed by atoms with Gasteiger partial charge in [-0.3, -0.25) is 4.98 Å². The zero-order valence-electron chi connectivity index (χ0n) is 6.66. The van der Waals surface area contributed by atoms with Gasteiger partial charge in [0.15, 0.2) is 0 Å². The molecular formula is C8H7FN2O2. The molecule has 4 nitrogen and oxygen atoms in total. The quantitative estimate of drug-likeness (QED) is 0.704. The van der Waals surface area contributed by atoms with Crippen molar-refractivity contribution in [1.29, 1.82) is 0 Å². The van der Waals surface area contributed by atoms with Crippen molar-refractivity contribution in [3.63, 3.8) is 0 Å². The fraction of sp³-hybridized carbons (Fsp3) is 0.250. The zero-order chi connectivity index (χ0) is 9.26. The van der Waals surface area contributed by atoms with Crippen LogP contribution in [0.15, 0.2) is 18.3 Å². The Morgan fingerprint density at radius 1 is 1.62 bits per heavy atom. The van der Waals surface area contributed by atoms with E-state index < -0.39 is 11.9 Å². The number of alkyl carbamates (subject to hydrolysis) is 1. The summed E-state index contributed by atoms with van der Waals surface area (Å²) in [6.45, 7) is 0.247. The van der Waals surface area contributed by atoms with Crippen LogP contribution < -0.4 is 5.32 Å². The molecule has 0 bridgehead atoms. The Hall–Kier alpha value is -1.65. The second-order valence-electron chi connectivity index (χ2n) is 2.70. The number of hydrogen-bond donors (Lipinski definition) is 1. The van der Waals surface area contributed by atoms with Crippen LogP contribution in [0.1, 0.15) is 11.7 Å². The summed E-state index contributed by atoms with van der Waals surface area (Å²) >= 11 is 0. The van der Waals surface area contributed by atoms with Crippen molar-refractivity contribution in [3.8, 4) is 0 Å². The first kappa shape index (κ1) is 7.97. The van der Waals surface area contributed by atoms with Gasteiger partial charge in [0.25, 0.3) is 0 Å². The van der Waals surface area contributed by atoms with Gasteiger partial charge in [0.05, 0.1) is 11.9 Å². The van der Waals surface area contributed by atoms with Crippen molar-refractivity contribution in [3.05, 3.63) is 29.8 Å². The van der Waals surface area contributed by atoms with Gasteiger partial charge in [0, 0.05) is 0 Å². The zero-order valence-corrected chi connectivity index (χ0v) is 6.66. The molecule has 1 aromatic heterocycles. The second kappa shape index (κ2) is 3.01. The van der Waals surface area contributed by atoms with Crippen LogP contribution in [0.2, 0.25) is 0 Å². The summed E-state index contributed by atoms with van der Waals surface area (Å²) in [7, 11) is 0. The van der Waals surface area contributed by atoms with Gasteiger partial charge in [0.1, 0.15) is 18.5 Å². The van der Waals surface area contributed by atoms with Crippen LogP contribution in [0.25, 0.3) is 0 Å². The van der Waals surface area contributed by atoms with Crippen molar-refractivity contribution in [1.82, 2.24) is 10.3 Å². The maximum atomic E-state index is 12.5. The smallest absolute Gasteiger partial charge is 0.407 e. The van der Waals surface area contributed by atoms with Crippen LogP contribution in [-0.4, -0.2) is 17.7 Å². The average molecular weight is 182 g/mol. The predicted molar refractivity (Wildman–Crippen MR) is 41.4 cm³/mol. The summed E-state index contributed by atoms with van der Waals surface area (Å²) in [5.41, 5.74) is 0.604. The molecule has 1 amide bonds. The maximum Gasteiger partial charge on any atom is 0.407 e. The van der Waals surface area contributed by atoms with Gasteiger partial charge in [-0.25, -0.2) is 9.18 Å². The Morgan fingerprint density at radius 3 is 3.00 bits per heavy atom. The van der Waals surface area contributed by atoms with Crippen molar-refractivity contribution in [2.45, 2.75) is 6.04 Å². The number of rotatable bonds is 1. The number of carbonyl (C=O) groups excluding carboxylic acids is 1. The van der Waals surface area contributed by atoms with Crippen molar-refractivity contribution in [2.24, 2.45) is 0 Å². The highest BCUT2D eigenvalue weighted by Crippen LogP contribution is 2.15. The number of nitrogens with one attached hydrogen (secondary N) is 1. The number of nitrogens with zero attached hydrogens (tertiary/aromatic N) is 1. The molecule has 1 unspecified atom stereocenters. The summed E-state index contributed by atoms with van der Waals surface area (Å²) in [5.74, 6) is -0.394. The third-order valence-electron chi connectivity index (χ3n) is 1.78. The lowest BCUT2D eigenvalue weighted by molar-refractivity contribution is 0.177. The van der Waals surface area contributed by atoms with E-state index in [4.69, 9.17) is 0 Å². The molecule has 13 heavy (non-hydrogen) atoms. The largest absolute Gasteiger partial charge is 0.447 e. The Morgan fingerprint density at radius 2 is 2.46 bits per heavy atom. The molecule has 1 atom stereocenters. The van der Waals surface area contributed by atoms with Crippen LogP contribution in [-0.2, 0) is 4.74 Å². The molecule has 1 fully saturated rings. The molecule has 0 aliphatic carbocycles. The van der Waals surface area contributed by atoms with Gasteiger partial charge in [0.2, 0.25) is 0 Å². The van der Waals surface area contributed by atoms with E-state index in [9.17, 15) is 9.18 Å². The first-order valence-electron chi connectivity index (χ1n) is 3.80. The minimum atomic E-state index is -0.462. The first-order valence-corrected chi connectivity index (χ1v) is 3.80. The lowest BCUT2D eigenvalue weighted by Gasteiger charge is -2.04. The van der Waals surface area contributed by atoms with E-state index in [0.29, 0.717) is 5.69 Å². The van der Waals surface area contributed by atoms with Crippen molar-refractivity contribution < 1.29 is 13.9 Å². The van der Waals surface area contributed by atoms with Crippen LogP contribution in [0.4, 0.5) is 9.18 Å². The highest BCUT2D eigenvalue weighted by Gasteiger charge is 2.24. The van der Waals surface area contributed by atoms with Gasteiger partial charge in [-0.05, 0) is 12.1 Å². The number of amides is 1. The standard InChI is InChI=1S/C8H7FN2O2/c9-5-1-2-6(10-3-5)7-4-13-8(12)11-7/h1-3,7H,4H2,(H,11,12). The minimum Gasteiger partial charge on any atom is -0.447 e. The van der Waals surface area contributed by atoms with Crippen molar-refractivity contribution >= 4 is 6.09 Å². The van der Waals surface area contributed by atoms with Gasteiger partial charge < -0.3 is 10.1 Å². The van der Waals surface area contributed by atoms with Crippen LogP contribution in [0.5, 0.6) is 0 Å². The number of ether oxygens (including phenoxy) is 1. The lowest BCUT2D eigenvalue weighted by atomic mass is 10.2.